The lowest BCUT2D eigenvalue weighted by atomic mass is 10.1. The van der Waals surface area contributed by atoms with Gasteiger partial charge in [-0.15, -0.1) is 0 Å². The number of nitrogens with zero attached hydrogens (tertiary/aromatic N) is 3. The second kappa shape index (κ2) is 7.61. The molecule has 3 rings (SSSR count). The van der Waals surface area contributed by atoms with E-state index in [4.69, 9.17) is 0 Å². The van der Waals surface area contributed by atoms with Crippen LogP contribution in [0.4, 0.5) is 11.5 Å². The van der Waals surface area contributed by atoms with Crippen molar-refractivity contribution in [3.05, 3.63) is 39.1 Å². The first-order valence-electron chi connectivity index (χ1n) is 8.29. The zero-order chi connectivity index (χ0) is 16.9. The number of aryl methyl sites for hydroxylation is 1. The molecule has 6 nitrogen and oxygen atoms in total. The summed E-state index contributed by atoms with van der Waals surface area (Å²) in [6, 6.07) is 3.84. The SMILES string of the molecule is Cc1csc(=O)n1CCC(=O)Nc1ccc(N2CCCCC2)nc1. The summed E-state index contributed by atoms with van der Waals surface area (Å²) < 4.78 is 1.63. The molecular weight excluding hydrogens is 324 g/mol. The summed E-state index contributed by atoms with van der Waals surface area (Å²) >= 11 is 1.16. The topological polar surface area (TPSA) is 67.2 Å². The average molecular weight is 346 g/mol. The number of amides is 1. The van der Waals surface area contributed by atoms with Crippen LogP contribution >= 0.6 is 11.3 Å². The number of thiazole rings is 1. The molecule has 1 amide bonds. The van der Waals surface area contributed by atoms with E-state index >= 15 is 0 Å². The van der Waals surface area contributed by atoms with Gasteiger partial charge < -0.3 is 14.8 Å². The number of anilines is 2. The van der Waals surface area contributed by atoms with Crippen molar-refractivity contribution in [1.82, 2.24) is 9.55 Å². The van der Waals surface area contributed by atoms with Gasteiger partial charge in [0.2, 0.25) is 5.91 Å². The van der Waals surface area contributed by atoms with Crippen LogP contribution < -0.4 is 15.1 Å². The van der Waals surface area contributed by atoms with Crippen LogP contribution in [0.5, 0.6) is 0 Å². The van der Waals surface area contributed by atoms with Crippen molar-refractivity contribution < 1.29 is 4.79 Å². The van der Waals surface area contributed by atoms with Crippen LogP contribution in [-0.4, -0.2) is 28.5 Å². The quantitative estimate of drug-likeness (QED) is 0.904. The fraction of sp³-hybridized carbons (Fsp3) is 0.471. The molecule has 0 spiro atoms. The Labute approximate surface area is 145 Å². The maximum absolute atomic E-state index is 12.1. The highest BCUT2D eigenvalue weighted by Gasteiger charge is 2.12. The molecule has 0 unspecified atom stereocenters. The third-order valence-electron chi connectivity index (χ3n) is 4.25. The Kier molecular flexibility index (Phi) is 5.30. The number of carbonyl (C=O) groups excluding carboxylic acids is 1. The largest absolute Gasteiger partial charge is 0.357 e. The van der Waals surface area contributed by atoms with Crippen molar-refractivity contribution >= 4 is 28.7 Å². The smallest absolute Gasteiger partial charge is 0.307 e. The van der Waals surface area contributed by atoms with E-state index in [9.17, 15) is 9.59 Å². The molecule has 1 aliphatic rings. The predicted molar refractivity (Wildman–Crippen MR) is 96.9 cm³/mol. The van der Waals surface area contributed by atoms with Gasteiger partial charge in [-0.3, -0.25) is 9.59 Å². The van der Waals surface area contributed by atoms with Gasteiger partial charge in [0.05, 0.1) is 11.9 Å². The molecule has 1 N–H and O–H groups in total. The minimum Gasteiger partial charge on any atom is -0.357 e. The summed E-state index contributed by atoms with van der Waals surface area (Å²) in [7, 11) is 0. The Morgan fingerprint density at radius 1 is 1.29 bits per heavy atom. The van der Waals surface area contributed by atoms with Crippen molar-refractivity contribution in [2.75, 3.05) is 23.3 Å². The number of hydrogen-bond donors (Lipinski definition) is 1. The van der Waals surface area contributed by atoms with Crippen LogP contribution in [0.3, 0.4) is 0 Å². The Morgan fingerprint density at radius 2 is 2.08 bits per heavy atom. The second-order valence-electron chi connectivity index (χ2n) is 6.05. The van der Waals surface area contributed by atoms with Crippen LogP contribution in [0.15, 0.2) is 28.5 Å². The van der Waals surface area contributed by atoms with E-state index in [1.165, 1.54) is 19.3 Å². The molecule has 128 valence electrons. The minimum atomic E-state index is -0.111. The molecule has 24 heavy (non-hydrogen) atoms. The number of rotatable bonds is 5. The van der Waals surface area contributed by atoms with E-state index in [1.807, 2.05) is 24.4 Å². The molecule has 3 heterocycles. The van der Waals surface area contributed by atoms with Gasteiger partial charge in [0.1, 0.15) is 5.82 Å². The van der Waals surface area contributed by atoms with Gasteiger partial charge in [-0.25, -0.2) is 4.98 Å². The summed E-state index contributed by atoms with van der Waals surface area (Å²) in [5, 5.41) is 4.65. The van der Waals surface area contributed by atoms with Crippen molar-refractivity contribution in [3.8, 4) is 0 Å². The predicted octanol–water partition coefficient (Wildman–Crippen LogP) is 2.63. The van der Waals surface area contributed by atoms with E-state index in [2.05, 4.69) is 15.2 Å². The van der Waals surface area contributed by atoms with Crippen molar-refractivity contribution in [2.24, 2.45) is 0 Å². The Hall–Kier alpha value is -2.15. The second-order valence-corrected chi connectivity index (χ2v) is 6.87. The molecular formula is C17H22N4O2S. The molecule has 2 aromatic heterocycles. The molecule has 0 bridgehead atoms. The summed E-state index contributed by atoms with van der Waals surface area (Å²) in [6.07, 6.45) is 5.68. The number of hydrogen-bond acceptors (Lipinski definition) is 5. The molecule has 0 radical (unpaired) electrons. The molecule has 0 aromatic carbocycles. The van der Waals surface area contributed by atoms with E-state index in [0.29, 0.717) is 12.2 Å². The van der Waals surface area contributed by atoms with Gasteiger partial charge in [-0.2, -0.15) is 0 Å². The Bertz CT molecular complexity index is 745. The van der Waals surface area contributed by atoms with Crippen LogP contribution in [-0.2, 0) is 11.3 Å². The maximum Gasteiger partial charge on any atom is 0.307 e. The lowest BCUT2D eigenvalue weighted by Crippen LogP contribution is -2.30. The summed E-state index contributed by atoms with van der Waals surface area (Å²) in [5.74, 6) is 0.855. The number of aromatic nitrogens is 2. The van der Waals surface area contributed by atoms with E-state index < -0.39 is 0 Å². The third-order valence-corrected chi connectivity index (χ3v) is 5.13. The van der Waals surface area contributed by atoms with E-state index in [0.717, 1.165) is 35.9 Å². The highest BCUT2D eigenvalue weighted by Crippen LogP contribution is 2.19. The molecule has 1 saturated heterocycles. The Balaban J connectivity index is 1.53. The van der Waals surface area contributed by atoms with Gasteiger partial charge in [0.15, 0.2) is 0 Å². The zero-order valence-corrected chi connectivity index (χ0v) is 14.6. The Morgan fingerprint density at radius 3 is 2.71 bits per heavy atom. The van der Waals surface area contributed by atoms with Crippen LogP contribution in [0.25, 0.3) is 0 Å². The highest BCUT2D eigenvalue weighted by atomic mass is 32.1. The number of nitrogens with one attached hydrogen (secondary N) is 1. The standard InChI is InChI=1S/C17H22N4O2S/c1-13-12-24-17(23)21(13)10-7-16(22)19-14-5-6-15(18-11-14)20-8-3-2-4-9-20/h5-6,11-12H,2-4,7-10H2,1H3,(H,19,22). The van der Waals surface area contributed by atoms with E-state index in [1.54, 1.807) is 10.8 Å². The first kappa shape index (κ1) is 16.7. The van der Waals surface area contributed by atoms with Gasteiger partial charge in [-0.05, 0) is 38.3 Å². The number of piperidine rings is 1. The lowest BCUT2D eigenvalue weighted by molar-refractivity contribution is -0.116. The summed E-state index contributed by atoms with van der Waals surface area (Å²) in [6.45, 7) is 4.37. The lowest BCUT2D eigenvalue weighted by Gasteiger charge is -2.27. The van der Waals surface area contributed by atoms with Crippen LogP contribution in [0, 0.1) is 6.92 Å². The van der Waals surface area contributed by atoms with Gasteiger partial charge in [0, 0.05) is 37.1 Å². The number of carbonyl (C=O) groups is 1. The normalized spacial score (nSPS) is 14.6. The molecule has 1 fully saturated rings. The fourth-order valence-electron chi connectivity index (χ4n) is 2.88. The van der Waals surface area contributed by atoms with Crippen molar-refractivity contribution in [2.45, 2.75) is 39.2 Å². The third kappa shape index (κ3) is 4.03. The molecule has 0 saturated carbocycles. The average Bonchev–Trinajstić information content (AvgIpc) is 2.93. The minimum absolute atomic E-state index is 0.0205. The van der Waals surface area contributed by atoms with Crippen LogP contribution in [0.2, 0.25) is 0 Å². The monoisotopic (exact) mass is 346 g/mol. The van der Waals surface area contributed by atoms with Gasteiger partial charge in [-0.1, -0.05) is 11.3 Å². The van der Waals surface area contributed by atoms with Crippen molar-refractivity contribution in [3.63, 3.8) is 0 Å². The van der Waals surface area contributed by atoms with Crippen LogP contribution in [0.1, 0.15) is 31.4 Å². The number of pyridine rings is 1. The maximum atomic E-state index is 12.1. The molecule has 7 heteroatoms. The summed E-state index contributed by atoms with van der Waals surface area (Å²) in [5.41, 5.74) is 1.58. The molecule has 0 aliphatic carbocycles. The first-order valence-corrected chi connectivity index (χ1v) is 9.17. The van der Waals surface area contributed by atoms with Gasteiger partial charge in [0.25, 0.3) is 0 Å². The molecule has 1 aliphatic heterocycles. The molecule has 0 atom stereocenters. The molecule has 2 aromatic rings. The fourth-order valence-corrected chi connectivity index (χ4v) is 3.64. The van der Waals surface area contributed by atoms with Gasteiger partial charge >= 0.3 is 4.87 Å². The highest BCUT2D eigenvalue weighted by molar-refractivity contribution is 7.07. The summed E-state index contributed by atoms with van der Waals surface area (Å²) in [4.78, 5) is 30.4. The first-order chi connectivity index (χ1) is 11.6. The van der Waals surface area contributed by atoms with E-state index in [-0.39, 0.29) is 17.2 Å². The van der Waals surface area contributed by atoms with Crippen molar-refractivity contribution in [1.29, 1.82) is 0 Å². The zero-order valence-electron chi connectivity index (χ0n) is 13.8.